The van der Waals surface area contributed by atoms with Gasteiger partial charge in [-0.15, -0.1) is 0 Å². The molecule has 7 heteroatoms. The van der Waals surface area contributed by atoms with Crippen LogP contribution >= 0.6 is 0 Å². The average molecular weight is 526 g/mol. The molecule has 0 amide bonds. The summed E-state index contributed by atoms with van der Waals surface area (Å²) in [7, 11) is 0. The van der Waals surface area contributed by atoms with Crippen molar-refractivity contribution >= 4 is 11.7 Å². The predicted octanol–water partition coefficient (Wildman–Crippen LogP) is 5.40. The van der Waals surface area contributed by atoms with E-state index in [1.54, 1.807) is 0 Å². The molecule has 5 rings (SSSR count). The van der Waals surface area contributed by atoms with E-state index in [0.29, 0.717) is 25.3 Å². The van der Waals surface area contributed by atoms with Gasteiger partial charge in [-0.25, -0.2) is 4.98 Å². The fraction of sp³-hybridized carbons (Fsp3) is 0.312. The number of aliphatic carboxylic acids is 1. The monoisotopic (exact) mass is 525 g/mol. The molecule has 0 aliphatic carbocycles. The van der Waals surface area contributed by atoms with Gasteiger partial charge in [0.05, 0.1) is 12.3 Å². The van der Waals surface area contributed by atoms with E-state index in [1.165, 1.54) is 11.3 Å². The molecule has 1 aromatic heterocycles. The van der Waals surface area contributed by atoms with Crippen molar-refractivity contribution < 1.29 is 19.1 Å². The number of rotatable bonds is 10. The quantitative estimate of drug-likeness (QED) is 0.297. The number of aryl methyl sites for hydroxylation is 2. The first-order valence-electron chi connectivity index (χ1n) is 13.5. The van der Waals surface area contributed by atoms with Crippen molar-refractivity contribution in [3.05, 3.63) is 101 Å². The lowest BCUT2D eigenvalue weighted by atomic mass is 10.0. The molecule has 0 unspecified atom stereocenters. The van der Waals surface area contributed by atoms with Gasteiger partial charge in [-0.2, -0.15) is 0 Å². The molecule has 1 atom stereocenters. The fourth-order valence-electron chi connectivity index (χ4n) is 5.06. The number of ether oxygens (including phenoxy) is 1. The normalized spacial score (nSPS) is 14.8. The number of hydrogen-bond acceptors (Lipinski definition) is 6. The Labute approximate surface area is 229 Å². The smallest absolute Gasteiger partial charge is 0.321 e. The van der Waals surface area contributed by atoms with Crippen molar-refractivity contribution in [1.82, 2.24) is 9.88 Å². The predicted molar refractivity (Wildman–Crippen MR) is 152 cm³/mol. The lowest BCUT2D eigenvalue weighted by Gasteiger charge is -2.39. The number of carboxylic acid groups (broad SMARTS) is 1. The summed E-state index contributed by atoms with van der Waals surface area (Å²) >= 11 is 0. The molecule has 0 saturated carbocycles. The van der Waals surface area contributed by atoms with Crippen LogP contribution in [0, 0.1) is 13.8 Å². The van der Waals surface area contributed by atoms with Crippen LogP contribution in [0.2, 0.25) is 0 Å². The minimum Gasteiger partial charge on any atom is -0.493 e. The highest BCUT2D eigenvalue weighted by Gasteiger charge is 2.29. The van der Waals surface area contributed by atoms with E-state index in [2.05, 4.69) is 46.0 Å². The molecule has 2 heterocycles. The van der Waals surface area contributed by atoms with Crippen molar-refractivity contribution in [3.8, 4) is 17.2 Å². The molecule has 1 aliphatic heterocycles. The Balaban J connectivity index is 1.12. The number of hydrogen-bond donors (Lipinski definition) is 1. The molecule has 1 saturated heterocycles. The van der Waals surface area contributed by atoms with Gasteiger partial charge in [-0.3, -0.25) is 9.69 Å². The van der Waals surface area contributed by atoms with Gasteiger partial charge >= 0.3 is 5.97 Å². The van der Waals surface area contributed by atoms with Crippen LogP contribution in [0.15, 0.2) is 83.3 Å². The van der Waals surface area contributed by atoms with Gasteiger partial charge in [0.2, 0.25) is 5.89 Å². The largest absolute Gasteiger partial charge is 0.493 e. The van der Waals surface area contributed by atoms with Crippen LogP contribution in [0.3, 0.4) is 0 Å². The summed E-state index contributed by atoms with van der Waals surface area (Å²) in [6.07, 6.45) is 1.10. The number of nitrogens with zero attached hydrogens (tertiary/aromatic N) is 3. The number of oxazole rings is 1. The van der Waals surface area contributed by atoms with Gasteiger partial charge in [0, 0.05) is 43.9 Å². The summed E-state index contributed by atoms with van der Waals surface area (Å²) in [4.78, 5) is 21.2. The first-order chi connectivity index (χ1) is 19.0. The van der Waals surface area contributed by atoms with Gasteiger partial charge in [-0.05, 0) is 67.8 Å². The van der Waals surface area contributed by atoms with E-state index in [4.69, 9.17) is 9.15 Å². The second kappa shape index (κ2) is 12.2. The number of carboxylic acids is 1. The van der Waals surface area contributed by atoms with E-state index >= 15 is 0 Å². The summed E-state index contributed by atoms with van der Waals surface area (Å²) in [5.41, 5.74) is 5.26. The Morgan fingerprint density at radius 1 is 0.974 bits per heavy atom. The van der Waals surface area contributed by atoms with Crippen molar-refractivity contribution in [2.75, 3.05) is 37.7 Å². The Kier molecular flexibility index (Phi) is 8.27. The first-order valence-corrected chi connectivity index (χ1v) is 13.5. The van der Waals surface area contributed by atoms with Crippen molar-refractivity contribution in [1.29, 1.82) is 0 Å². The number of carbonyl (C=O) groups is 1. The zero-order chi connectivity index (χ0) is 27.2. The molecule has 1 N–H and O–H groups in total. The molecule has 0 spiro atoms. The van der Waals surface area contributed by atoms with Crippen molar-refractivity contribution in [3.63, 3.8) is 0 Å². The van der Waals surface area contributed by atoms with E-state index in [0.717, 1.165) is 54.5 Å². The molecule has 3 aromatic carbocycles. The molecular formula is C32H35N3O4. The van der Waals surface area contributed by atoms with Crippen LogP contribution in [-0.4, -0.2) is 59.8 Å². The highest BCUT2D eigenvalue weighted by Crippen LogP contribution is 2.23. The van der Waals surface area contributed by atoms with E-state index in [1.807, 2.05) is 61.5 Å². The highest BCUT2D eigenvalue weighted by atomic mass is 16.5. The zero-order valence-electron chi connectivity index (χ0n) is 22.5. The van der Waals surface area contributed by atoms with Gasteiger partial charge in [0.1, 0.15) is 17.6 Å². The van der Waals surface area contributed by atoms with Crippen LogP contribution in [0.25, 0.3) is 11.5 Å². The Bertz CT molecular complexity index is 1380. The maximum Gasteiger partial charge on any atom is 0.321 e. The molecular weight excluding hydrogens is 490 g/mol. The SMILES string of the molecule is Cc1cccc(N2CCN([C@@H](Cc3ccc(OCCc4nc(-c5ccccc5)oc4C)cc3)C(=O)O)CC2)c1. The molecule has 1 fully saturated rings. The van der Waals surface area contributed by atoms with Crippen LogP contribution in [0.4, 0.5) is 5.69 Å². The molecule has 0 radical (unpaired) electrons. The summed E-state index contributed by atoms with van der Waals surface area (Å²) in [5, 5.41) is 9.99. The Morgan fingerprint density at radius 3 is 2.41 bits per heavy atom. The van der Waals surface area contributed by atoms with Gasteiger partial charge < -0.3 is 19.2 Å². The minimum absolute atomic E-state index is 0.459. The maximum absolute atomic E-state index is 12.2. The third-order valence-corrected chi connectivity index (χ3v) is 7.28. The van der Waals surface area contributed by atoms with Crippen molar-refractivity contribution in [2.45, 2.75) is 32.7 Å². The minimum atomic E-state index is -0.780. The number of benzene rings is 3. The van der Waals surface area contributed by atoms with E-state index in [9.17, 15) is 9.90 Å². The summed E-state index contributed by atoms with van der Waals surface area (Å²) in [6.45, 7) is 7.57. The first kappa shape index (κ1) is 26.5. The molecule has 0 bridgehead atoms. The van der Waals surface area contributed by atoms with E-state index < -0.39 is 12.0 Å². The standard InChI is InChI=1S/C32H35N3O4/c1-23-7-6-10-27(21-23)34-16-18-35(19-17-34)30(32(36)37)22-25-11-13-28(14-12-25)38-20-15-29-24(2)39-31(33-29)26-8-4-3-5-9-26/h3-14,21,30H,15-20,22H2,1-2H3,(H,36,37)/t30-/m0/s1. The maximum atomic E-state index is 12.2. The lowest BCUT2D eigenvalue weighted by Crippen LogP contribution is -2.53. The van der Waals surface area contributed by atoms with Gasteiger partial charge in [0.25, 0.3) is 0 Å². The third-order valence-electron chi connectivity index (χ3n) is 7.28. The summed E-state index contributed by atoms with van der Waals surface area (Å²) in [5.74, 6) is 1.39. The second-order valence-electron chi connectivity index (χ2n) is 10.1. The van der Waals surface area contributed by atoms with Gasteiger partial charge in [-0.1, -0.05) is 42.5 Å². The van der Waals surface area contributed by atoms with E-state index in [-0.39, 0.29) is 0 Å². The van der Waals surface area contributed by atoms with Crippen LogP contribution in [0.5, 0.6) is 5.75 Å². The number of piperazine rings is 1. The molecule has 7 nitrogen and oxygen atoms in total. The van der Waals surface area contributed by atoms with Gasteiger partial charge in [0.15, 0.2) is 0 Å². The Morgan fingerprint density at radius 2 is 1.72 bits per heavy atom. The second-order valence-corrected chi connectivity index (χ2v) is 10.1. The molecule has 4 aromatic rings. The van der Waals surface area contributed by atoms with Crippen LogP contribution in [0.1, 0.15) is 22.6 Å². The van der Waals surface area contributed by atoms with Crippen LogP contribution in [-0.2, 0) is 17.6 Å². The van der Waals surface area contributed by atoms with Crippen LogP contribution < -0.4 is 9.64 Å². The Hall–Kier alpha value is -4.10. The number of anilines is 1. The molecule has 1 aliphatic rings. The summed E-state index contributed by atoms with van der Waals surface area (Å²) < 4.78 is 11.8. The fourth-order valence-corrected chi connectivity index (χ4v) is 5.06. The third kappa shape index (κ3) is 6.67. The lowest BCUT2D eigenvalue weighted by molar-refractivity contribution is -0.143. The molecule has 39 heavy (non-hydrogen) atoms. The zero-order valence-corrected chi connectivity index (χ0v) is 22.5. The molecule has 202 valence electrons. The summed E-state index contributed by atoms with van der Waals surface area (Å²) in [6, 6.07) is 25.5. The average Bonchev–Trinajstić information content (AvgIpc) is 3.33. The van der Waals surface area contributed by atoms with Crippen molar-refractivity contribution in [2.24, 2.45) is 0 Å². The topological polar surface area (TPSA) is 79.0 Å². The number of aromatic nitrogens is 1. The highest BCUT2D eigenvalue weighted by molar-refractivity contribution is 5.74.